The monoisotopic (exact) mass is 627 g/mol. The molecule has 45 heavy (non-hydrogen) atoms. The van der Waals surface area contributed by atoms with E-state index in [2.05, 4.69) is 17.2 Å². The zero-order valence-corrected chi connectivity index (χ0v) is 25.2. The summed E-state index contributed by atoms with van der Waals surface area (Å²) in [5.74, 6) is -2.78. The van der Waals surface area contributed by atoms with Crippen LogP contribution in [-0.2, 0) is 23.9 Å². The zero-order chi connectivity index (χ0) is 31.9. The number of carboxylic acid groups (broad SMARTS) is 1. The molecule has 3 aromatic rings. The Hall–Kier alpha value is -4.90. The van der Waals surface area contributed by atoms with Crippen LogP contribution >= 0.6 is 11.8 Å². The zero-order valence-electron chi connectivity index (χ0n) is 24.3. The Morgan fingerprint density at radius 2 is 1.51 bits per heavy atom. The molecule has 2 aliphatic rings. The van der Waals surface area contributed by atoms with Gasteiger partial charge in [0.05, 0.1) is 0 Å². The van der Waals surface area contributed by atoms with E-state index in [9.17, 15) is 29.1 Å². The second-order valence-corrected chi connectivity index (χ2v) is 11.9. The van der Waals surface area contributed by atoms with Gasteiger partial charge >= 0.3 is 11.9 Å². The number of hydrogen-bond donors (Lipinski definition) is 3. The van der Waals surface area contributed by atoms with Gasteiger partial charge in [-0.25, -0.2) is 9.59 Å². The third-order valence-corrected chi connectivity index (χ3v) is 9.07. The van der Waals surface area contributed by atoms with Crippen molar-refractivity contribution in [1.82, 2.24) is 15.5 Å². The predicted octanol–water partition coefficient (Wildman–Crippen LogP) is 3.70. The van der Waals surface area contributed by atoms with Crippen LogP contribution in [0.25, 0.3) is 0 Å². The van der Waals surface area contributed by atoms with E-state index in [4.69, 9.17) is 4.74 Å². The fourth-order valence-electron chi connectivity index (χ4n) is 5.41. The number of aliphatic carboxylic acids is 1. The van der Waals surface area contributed by atoms with Gasteiger partial charge in [-0.2, -0.15) is 0 Å². The lowest BCUT2D eigenvalue weighted by atomic mass is 9.98. The number of hydrogen-bond acceptors (Lipinski definition) is 7. The number of fused-ring (bicyclic) bond motifs is 1. The lowest BCUT2D eigenvalue weighted by Gasteiger charge is -2.52. The number of esters is 1. The molecule has 2 saturated heterocycles. The Morgan fingerprint density at radius 3 is 2.09 bits per heavy atom. The molecule has 11 heteroatoms. The second kappa shape index (κ2) is 14.3. The van der Waals surface area contributed by atoms with E-state index in [0.717, 1.165) is 11.1 Å². The van der Waals surface area contributed by atoms with Crippen molar-refractivity contribution in [3.8, 4) is 0 Å². The standard InChI is InChI=1S/C34H33N3O7S/c1-21-20-45-32-27(31(40)37(32)28(21)33(41)42)36-26(38)19-11-18-25(35-30(39)24-16-9-4-10-17-24)34(43)44-29(22-12-5-2-6-13-22)23-14-7-3-8-15-23/h2-10,12-17,25,27-29,32H,1,11,18-20H2,(H,35,39)(H,36,38)(H,41,42)/t25?,27?,28?,32-/m1/s1. The first-order valence-corrected chi connectivity index (χ1v) is 15.6. The van der Waals surface area contributed by atoms with Gasteiger partial charge in [-0.3, -0.25) is 14.4 Å². The van der Waals surface area contributed by atoms with Gasteiger partial charge in [0.1, 0.15) is 17.5 Å². The van der Waals surface area contributed by atoms with Gasteiger partial charge in [0.15, 0.2) is 12.1 Å². The molecule has 5 rings (SSSR count). The summed E-state index contributed by atoms with van der Waals surface area (Å²) in [6, 6.07) is 24.0. The second-order valence-electron chi connectivity index (χ2n) is 10.8. The van der Waals surface area contributed by atoms with E-state index in [-0.39, 0.29) is 19.3 Å². The third-order valence-electron chi connectivity index (χ3n) is 7.70. The SMILES string of the molecule is C=C1CS[C@@H]2C(NC(=O)CCCC(NC(=O)c3ccccc3)C(=O)OC(c3ccccc3)c3ccccc3)C(=O)N2C1C(=O)O. The highest BCUT2D eigenvalue weighted by Crippen LogP contribution is 2.40. The van der Waals surface area contributed by atoms with Gasteiger partial charge in [0.2, 0.25) is 11.8 Å². The van der Waals surface area contributed by atoms with Crippen molar-refractivity contribution in [3.05, 3.63) is 120 Å². The molecule has 0 saturated carbocycles. The van der Waals surface area contributed by atoms with E-state index in [1.54, 1.807) is 30.3 Å². The number of carbonyl (C=O) groups is 5. The number of ether oxygens (including phenoxy) is 1. The highest BCUT2D eigenvalue weighted by atomic mass is 32.2. The van der Waals surface area contributed by atoms with Gasteiger partial charge in [-0.15, -0.1) is 11.8 Å². The average Bonchev–Trinajstić information content (AvgIpc) is 3.06. The Labute approximate surface area is 264 Å². The molecule has 2 aliphatic heterocycles. The van der Waals surface area contributed by atoms with Crippen LogP contribution in [0.5, 0.6) is 0 Å². The Bertz CT molecular complexity index is 1530. The van der Waals surface area contributed by atoms with Crippen molar-refractivity contribution in [2.24, 2.45) is 0 Å². The van der Waals surface area contributed by atoms with E-state index >= 15 is 0 Å². The minimum Gasteiger partial charge on any atom is -0.479 e. The topological polar surface area (TPSA) is 142 Å². The van der Waals surface area contributed by atoms with Crippen molar-refractivity contribution in [2.75, 3.05) is 5.75 Å². The largest absolute Gasteiger partial charge is 0.479 e. The Kier molecular flexibility index (Phi) is 9.99. The normalized spacial score (nSPS) is 19.6. The smallest absolute Gasteiger partial charge is 0.330 e. The Balaban J connectivity index is 1.24. The van der Waals surface area contributed by atoms with Gasteiger partial charge < -0.3 is 25.4 Å². The van der Waals surface area contributed by atoms with Crippen molar-refractivity contribution in [1.29, 1.82) is 0 Å². The van der Waals surface area contributed by atoms with Crippen LogP contribution in [0.3, 0.4) is 0 Å². The van der Waals surface area contributed by atoms with Crippen LogP contribution in [0.1, 0.15) is 46.9 Å². The number of carbonyl (C=O) groups excluding carboxylic acids is 4. The molecule has 4 atom stereocenters. The molecule has 3 aromatic carbocycles. The molecule has 0 spiro atoms. The number of carboxylic acids is 1. The molecule has 0 bridgehead atoms. The van der Waals surface area contributed by atoms with E-state index < -0.39 is 59.3 Å². The van der Waals surface area contributed by atoms with Gasteiger partial charge in [0.25, 0.3) is 5.91 Å². The maximum absolute atomic E-state index is 13.6. The highest BCUT2D eigenvalue weighted by molar-refractivity contribution is 8.00. The first-order valence-electron chi connectivity index (χ1n) is 14.5. The van der Waals surface area contributed by atoms with Crippen molar-refractivity contribution >= 4 is 41.4 Å². The summed E-state index contributed by atoms with van der Waals surface area (Å²) >= 11 is 1.35. The molecule has 3 unspecified atom stereocenters. The number of benzene rings is 3. The number of β-lactam (4-membered cyclic amide) rings is 1. The molecule has 232 valence electrons. The summed E-state index contributed by atoms with van der Waals surface area (Å²) in [4.78, 5) is 65.2. The molecule has 10 nitrogen and oxygen atoms in total. The molecular formula is C34H33N3O7S. The van der Waals surface area contributed by atoms with Crippen LogP contribution in [-0.4, -0.2) is 68.9 Å². The molecule has 0 aromatic heterocycles. The summed E-state index contributed by atoms with van der Waals surface area (Å²) in [6.07, 6.45) is -0.433. The molecule has 2 heterocycles. The molecule has 0 radical (unpaired) electrons. The summed E-state index contributed by atoms with van der Waals surface area (Å²) in [7, 11) is 0. The van der Waals surface area contributed by atoms with Crippen LogP contribution in [0.4, 0.5) is 0 Å². The summed E-state index contributed by atoms with van der Waals surface area (Å²) in [5, 5.41) is 14.5. The van der Waals surface area contributed by atoms with Crippen LogP contribution < -0.4 is 10.6 Å². The van der Waals surface area contributed by atoms with Crippen molar-refractivity contribution in [2.45, 2.75) is 48.9 Å². The molecule has 0 aliphatic carbocycles. The molecule has 3 amide bonds. The lowest BCUT2D eigenvalue weighted by Crippen LogP contribution is -2.74. The van der Waals surface area contributed by atoms with Crippen LogP contribution in [0, 0.1) is 0 Å². The van der Waals surface area contributed by atoms with E-state index in [1.807, 2.05) is 60.7 Å². The number of nitrogens with zero attached hydrogens (tertiary/aromatic N) is 1. The number of amides is 3. The van der Waals surface area contributed by atoms with Crippen LogP contribution in [0.2, 0.25) is 0 Å². The van der Waals surface area contributed by atoms with E-state index in [0.29, 0.717) is 16.9 Å². The average molecular weight is 628 g/mol. The van der Waals surface area contributed by atoms with E-state index in [1.165, 1.54) is 16.7 Å². The Morgan fingerprint density at radius 1 is 0.933 bits per heavy atom. The van der Waals surface area contributed by atoms with Gasteiger partial charge in [-0.05, 0) is 41.7 Å². The summed E-state index contributed by atoms with van der Waals surface area (Å²) in [5.41, 5.74) is 2.33. The van der Waals surface area contributed by atoms with Gasteiger partial charge in [0, 0.05) is 17.7 Å². The highest BCUT2D eigenvalue weighted by Gasteiger charge is 2.56. The van der Waals surface area contributed by atoms with Crippen molar-refractivity contribution < 1.29 is 33.8 Å². The molecule has 3 N–H and O–H groups in total. The minimum atomic E-state index is -1.15. The third kappa shape index (κ3) is 7.26. The molecular weight excluding hydrogens is 594 g/mol. The molecule has 2 fully saturated rings. The predicted molar refractivity (Wildman–Crippen MR) is 168 cm³/mol. The number of nitrogens with one attached hydrogen (secondary N) is 2. The maximum Gasteiger partial charge on any atom is 0.330 e. The number of rotatable bonds is 12. The fraction of sp³-hybridized carbons (Fsp3) is 0.265. The summed E-state index contributed by atoms with van der Waals surface area (Å²) in [6.45, 7) is 3.77. The quantitative estimate of drug-likeness (QED) is 0.157. The van der Waals surface area contributed by atoms with Crippen molar-refractivity contribution in [3.63, 3.8) is 0 Å². The first kappa shape index (κ1) is 31.5. The maximum atomic E-state index is 13.6. The minimum absolute atomic E-state index is 0.0258. The van der Waals surface area contributed by atoms with Gasteiger partial charge in [-0.1, -0.05) is 85.4 Å². The fourth-order valence-corrected chi connectivity index (χ4v) is 6.71. The van der Waals surface area contributed by atoms with Crippen LogP contribution in [0.15, 0.2) is 103 Å². The first-order chi connectivity index (χ1) is 21.7. The number of thioether (sulfide) groups is 1. The lowest BCUT2D eigenvalue weighted by molar-refractivity contribution is -0.160. The summed E-state index contributed by atoms with van der Waals surface area (Å²) < 4.78 is 6.02.